The Morgan fingerprint density at radius 1 is 1.08 bits per heavy atom. The molecule has 0 saturated carbocycles. The number of nitrogens with two attached hydrogens (primary N) is 1. The molecule has 3 N–H and O–H groups in total. The van der Waals surface area contributed by atoms with Crippen LogP contribution in [0.15, 0.2) is 12.1 Å². The molecule has 1 fully saturated rings. The van der Waals surface area contributed by atoms with Gasteiger partial charge < -0.3 is 20.5 Å². The van der Waals surface area contributed by atoms with Crippen LogP contribution in [0.25, 0.3) is 0 Å². The van der Waals surface area contributed by atoms with Crippen LogP contribution in [0.4, 0.5) is 0 Å². The summed E-state index contributed by atoms with van der Waals surface area (Å²) in [6, 6.07) is 2.83. The fourth-order valence-corrected chi connectivity index (χ4v) is 3.17. The van der Waals surface area contributed by atoms with Gasteiger partial charge in [0.1, 0.15) is 11.4 Å². The highest BCUT2D eigenvalue weighted by Crippen LogP contribution is 2.24. The summed E-state index contributed by atoms with van der Waals surface area (Å²) in [6.07, 6.45) is 0. The van der Waals surface area contributed by atoms with Crippen LogP contribution < -0.4 is 5.73 Å². The molecule has 1 aromatic heterocycles. The summed E-state index contributed by atoms with van der Waals surface area (Å²) in [7, 11) is 0. The van der Waals surface area contributed by atoms with Crippen LogP contribution >= 0.6 is 0 Å². The number of hydrogen-bond acceptors (Lipinski definition) is 3. The average Bonchev–Trinajstić information content (AvgIpc) is 2.94. The van der Waals surface area contributed by atoms with Crippen LogP contribution in [0.3, 0.4) is 0 Å². The third-order valence-electron chi connectivity index (χ3n) is 4.26. The van der Waals surface area contributed by atoms with Gasteiger partial charge in [-0.1, -0.05) is 20.8 Å². The molecule has 1 aromatic rings. The predicted octanol–water partition coefficient (Wildman–Crippen LogP) is 1.22. The Bertz CT molecular complexity index is 647. The molecule has 2 heterocycles. The van der Waals surface area contributed by atoms with E-state index in [1.54, 1.807) is 11.0 Å². The number of nitrogens with zero attached hydrogens (tertiary/aromatic N) is 2. The van der Waals surface area contributed by atoms with Crippen molar-refractivity contribution in [3.05, 3.63) is 23.5 Å². The summed E-state index contributed by atoms with van der Waals surface area (Å²) in [6.45, 7) is 10.5. The molecule has 0 unspecified atom stereocenters. The third-order valence-corrected chi connectivity index (χ3v) is 4.26. The zero-order chi connectivity index (χ0) is 18.2. The molecule has 0 bridgehead atoms. The van der Waals surface area contributed by atoms with E-state index in [9.17, 15) is 14.4 Å². The first kappa shape index (κ1) is 18.0. The van der Waals surface area contributed by atoms with E-state index < -0.39 is 11.3 Å². The van der Waals surface area contributed by atoms with Crippen molar-refractivity contribution in [1.29, 1.82) is 0 Å². The minimum absolute atomic E-state index is 0.0872. The van der Waals surface area contributed by atoms with Crippen molar-refractivity contribution in [1.82, 2.24) is 14.8 Å². The first-order valence-electron chi connectivity index (χ1n) is 8.13. The van der Waals surface area contributed by atoms with Gasteiger partial charge in [-0.2, -0.15) is 0 Å². The van der Waals surface area contributed by atoms with Crippen LogP contribution in [0, 0.1) is 5.41 Å². The lowest BCUT2D eigenvalue weighted by Crippen LogP contribution is -2.61. The number of piperazine rings is 1. The number of carbonyl (C=O) groups is 3. The van der Waals surface area contributed by atoms with Crippen LogP contribution in [-0.2, 0) is 4.79 Å². The molecule has 2 atom stereocenters. The number of nitrogens with one attached hydrogen (secondary N) is 1. The summed E-state index contributed by atoms with van der Waals surface area (Å²) >= 11 is 0. The summed E-state index contributed by atoms with van der Waals surface area (Å²) < 4.78 is 0. The molecular weight excluding hydrogens is 308 g/mol. The first-order valence-corrected chi connectivity index (χ1v) is 8.13. The molecule has 2 rings (SSSR count). The molecule has 0 spiro atoms. The number of aromatic nitrogens is 1. The maximum Gasteiger partial charge on any atom is 0.270 e. The Morgan fingerprint density at radius 3 is 2.00 bits per heavy atom. The van der Waals surface area contributed by atoms with Gasteiger partial charge in [0.05, 0.1) is 0 Å². The van der Waals surface area contributed by atoms with Gasteiger partial charge in [-0.15, -0.1) is 0 Å². The molecular formula is C17H26N4O3. The van der Waals surface area contributed by atoms with Gasteiger partial charge in [0.2, 0.25) is 5.91 Å². The number of primary amides is 1. The number of amides is 3. The summed E-state index contributed by atoms with van der Waals surface area (Å²) in [5.74, 6) is -0.703. The van der Waals surface area contributed by atoms with E-state index in [4.69, 9.17) is 5.73 Å². The van der Waals surface area contributed by atoms with Gasteiger partial charge in [-0.25, -0.2) is 0 Å². The smallest absolute Gasteiger partial charge is 0.270 e. The van der Waals surface area contributed by atoms with E-state index in [0.29, 0.717) is 18.8 Å². The maximum atomic E-state index is 12.8. The van der Waals surface area contributed by atoms with E-state index in [2.05, 4.69) is 4.98 Å². The normalized spacial score (nSPS) is 21.7. The number of hydrogen-bond donors (Lipinski definition) is 2. The molecule has 7 nitrogen and oxygen atoms in total. The number of aromatic amines is 1. The lowest BCUT2D eigenvalue weighted by Gasteiger charge is -2.45. The molecule has 24 heavy (non-hydrogen) atoms. The number of H-pyrrole nitrogens is 1. The van der Waals surface area contributed by atoms with Crippen molar-refractivity contribution in [3.8, 4) is 0 Å². The highest BCUT2D eigenvalue weighted by Gasteiger charge is 2.38. The highest BCUT2D eigenvalue weighted by molar-refractivity contribution is 5.97. The minimum atomic E-state index is -0.601. The summed E-state index contributed by atoms with van der Waals surface area (Å²) in [4.78, 5) is 42.8. The maximum absolute atomic E-state index is 12.8. The van der Waals surface area contributed by atoms with E-state index in [1.165, 1.54) is 6.07 Å². The molecule has 1 saturated heterocycles. The fraction of sp³-hybridized carbons (Fsp3) is 0.588. The second kappa shape index (κ2) is 6.30. The second-order valence-electron chi connectivity index (χ2n) is 7.52. The van der Waals surface area contributed by atoms with Crippen molar-refractivity contribution in [2.75, 3.05) is 13.1 Å². The molecule has 0 radical (unpaired) electrons. The minimum Gasteiger partial charge on any atom is -0.364 e. The molecule has 0 aromatic carbocycles. The zero-order valence-electron chi connectivity index (χ0n) is 14.9. The Kier molecular flexibility index (Phi) is 4.73. The summed E-state index contributed by atoms with van der Waals surface area (Å²) in [5.41, 5.74) is 5.31. The van der Waals surface area contributed by atoms with Crippen LogP contribution in [0.1, 0.15) is 55.6 Å². The first-order chi connectivity index (χ1) is 11.0. The van der Waals surface area contributed by atoms with Crippen LogP contribution in [-0.4, -0.2) is 57.7 Å². The van der Waals surface area contributed by atoms with Crippen molar-refractivity contribution < 1.29 is 14.4 Å². The zero-order valence-corrected chi connectivity index (χ0v) is 14.9. The van der Waals surface area contributed by atoms with Crippen molar-refractivity contribution in [2.24, 2.45) is 11.1 Å². The van der Waals surface area contributed by atoms with E-state index in [1.807, 2.05) is 39.5 Å². The quantitative estimate of drug-likeness (QED) is 0.850. The predicted molar refractivity (Wildman–Crippen MR) is 90.4 cm³/mol. The lowest BCUT2D eigenvalue weighted by atomic mass is 9.93. The SMILES string of the molecule is C[C@@H]1CN(C(=O)C(C)(C)C)C[C@H](C)N1C(=O)c1ccc(C(N)=O)[nH]1. The monoisotopic (exact) mass is 334 g/mol. The van der Waals surface area contributed by atoms with E-state index >= 15 is 0 Å². The Labute approximate surface area is 142 Å². The molecule has 1 aliphatic rings. The standard InChI is InChI=1S/C17H26N4O3/c1-10-8-20(16(24)17(3,4)5)9-11(2)21(10)15(23)13-7-6-12(19-13)14(18)22/h6-7,10-11,19H,8-9H2,1-5H3,(H2,18,22)/t10-,11+. The van der Waals surface area contributed by atoms with Gasteiger partial charge >= 0.3 is 0 Å². The van der Waals surface area contributed by atoms with Crippen LogP contribution in [0.5, 0.6) is 0 Å². The number of rotatable bonds is 2. The lowest BCUT2D eigenvalue weighted by molar-refractivity contribution is -0.143. The molecule has 1 aliphatic heterocycles. The van der Waals surface area contributed by atoms with Gasteiger partial charge in [0, 0.05) is 30.6 Å². The highest BCUT2D eigenvalue weighted by atomic mass is 16.2. The van der Waals surface area contributed by atoms with Crippen LogP contribution in [0.2, 0.25) is 0 Å². The summed E-state index contributed by atoms with van der Waals surface area (Å²) in [5, 5.41) is 0. The van der Waals surface area contributed by atoms with E-state index in [0.717, 1.165) is 0 Å². The topological polar surface area (TPSA) is 99.5 Å². The van der Waals surface area contributed by atoms with Gasteiger partial charge in [-0.05, 0) is 26.0 Å². The van der Waals surface area contributed by atoms with Crippen molar-refractivity contribution in [2.45, 2.75) is 46.7 Å². The Morgan fingerprint density at radius 2 is 1.58 bits per heavy atom. The van der Waals surface area contributed by atoms with Gasteiger partial charge in [0.25, 0.3) is 11.8 Å². The third kappa shape index (κ3) is 3.44. The molecule has 0 aliphatic carbocycles. The van der Waals surface area contributed by atoms with Crippen molar-refractivity contribution >= 4 is 17.7 Å². The fourth-order valence-electron chi connectivity index (χ4n) is 3.17. The Balaban J connectivity index is 2.16. The molecule has 3 amide bonds. The number of carbonyl (C=O) groups excluding carboxylic acids is 3. The molecule has 132 valence electrons. The average molecular weight is 334 g/mol. The largest absolute Gasteiger partial charge is 0.364 e. The Hall–Kier alpha value is -2.31. The van der Waals surface area contributed by atoms with Crippen molar-refractivity contribution in [3.63, 3.8) is 0 Å². The van der Waals surface area contributed by atoms with Gasteiger partial charge in [-0.3, -0.25) is 14.4 Å². The van der Waals surface area contributed by atoms with E-state index in [-0.39, 0.29) is 29.6 Å². The molecule has 7 heteroatoms. The second-order valence-corrected chi connectivity index (χ2v) is 7.52. The van der Waals surface area contributed by atoms with Gasteiger partial charge in [0.15, 0.2) is 0 Å².